The standard InChI is InChI=1S/C44H80N2O4/c1-5-7-9-11-13-15-17-19-21-23-25-27-29-31-33-39(43(47)48)41-37-46(36-35-45(3)4)38-42(41)40(44(49)50)34-32-30-28-26-24-22-20-18-16-14-12-10-8-6-2/h19-22,35-36,39-42H,5-18,23-34,37-38H2,1-4H3,(H,47,48)(H,49,50)/b21-19-,22-20-,36-35?/t39?,40?,41-,42-/m0/s1. The molecule has 0 radical (unpaired) electrons. The number of rotatable bonds is 34. The van der Waals surface area contributed by atoms with Crippen LogP contribution in [0, 0.1) is 23.7 Å². The SMILES string of the molecule is CCCCCCCC/C=C\CCCCCCC(C(=O)O)[C@@H]1CN(C=CN(C)C)C[C@H]1C(CCCCCC/C=C\CCCCCCCC)C(=O)O. The molecule has 0 amide bonds. The summed E-state index contributed by atoms with van der Waals surface area (Å²) >= 11 is 0. The summed E-state index contributed by atoms with van der Waals surface area (Å²) in [5.74, 6) is -2.82. The van der Waals surface area contributed by atoms with Crippen molar-refractivity contribution in [3.8, 4) is 0 Å². The Morgan fingerprint density at radius 3 is 1.20 bits per heavy atom. The first-order valence-electron chi connectivity index (χ1n) is 21.2. The number of aliphatic carboxylic acids is 2. The highest BCUT2D eigenvalue weighted by molar-refractivity contribution is 5.72. The Labute approximate surface area is 309 Å². The van der Waals surface area contributed by atoms with Gasteiger partial charge in [-0.15, -0.1) is 0 Å². The van der Waals surface area contributed by atoms with Gasteiger partial charge in [-0.1, -0.05) is 141 Å². The van der Waals surface area contributed by atoms with Crippen LogP contribution in [-0.4, -0.2) is 59.1 Å². The molecule has 0 saturated carbocycles. The molecule has 290 valence electrons. The van der Waals surface area contributed by atoms with Gasteiger partial charge >= 0.3 is 11.9 Å². The van der Waals surface area contributed by atoms with Gasteiger partial charge in [-0.3, -0.25) is 9.59 Å². The van der Waals surface area contributed by atoms with Gasteiger partial charge in [0.2, 0.25) is 0 Å². The van der Waals surface area contributed by atoms with Gasteiger partial charge in [-0.05, 0) is 76.0 Å². The Balaban J connectivity index is 2.54. The number of unbranched alkanes of at least 4 members (excludes halogenated alkanes) is 20. The van der Waals surface area contributed by atoms with E-state index in [-0.39, 0.29) is 11.8 Å². The summed E-state index contributed by atoms with van der Waals surface area (Å²) in [5.41, 5.74) is 0. The van der Waals surface area contributed by atoms with Crippen LogP contribution >= 0.6 is 0 Å². The molecule has 2 unspecified atom stereocenters. The molecule has 0 aromatic carbocycles. The molecule has 0 aromatic heterocycles. The summed E-state index contributed by atoms with van der Waals surface area (Å²) in [5, 5.41) is 20.8. The van der Waals surface area contributed by atoms with E-state index in [1.165, 1.54) is 89.9 Å². The average Bonchev–Trinajstić information content (AvgIpc) is 3.50. The molecule has 0 spiro atoms. The van der Waals surface area contributed by atoms with Gasteiger partial charge in [0, 0.05) is 39.6 Å². The largest absolute Gasteiger partial charge is 0.481 e. The van der Waals surface area contributed by atoms with Crippen molar-refractivity contribution in [2.24, 2.45) is 23.7 Å². The topological polar surface area (TPSA) is 81.1 Å². The number of allylic oxidation sites excluding steroid dienone is 4. The van der Waals surface area contributed by atoms with Crippen LogP contribution < -0.4 is 0 Å². The zero-order chi connectivity index (χ0) is 36.7. The molecule has 50 heavy (non-hydrogen) atoms. The summed E-state index contributed by atoms with van der Waals surface area (Å²) < 4.78 is 0. The first-order chi connectivity index (χ1) is 24.3. The number of carboxylic acids is 2. The van der Waals surface area contributed by atoms with Crippen LogP contribution in [0.2, 0.25) is 0 Å². The van der Waals surface area contributed by atoms with Crippen molar-refractivity contribution in [3.63, 3.8) is 0 Å². The van der Waals surface area contributed by atoms with Crippen molar-refractivity contribution in [3.05, 3.63) is 36.7 Å². The second-order valence-corrected chi connectivity index (χ2v) is 15.5. The first kappa shape index (κ1) is 45.8. The summed E-state index contributed by atoms with van der Waals surface area (Å²) in [7, 11) is 3.94. The molecular weight excluding hydrogens is 620 g/mol. The van der Waals surface area contributed by atoms with Crippen LogP contribution in [0.4, 0.5) is 0 Å². The lowest BCUT2D eigenvalue weighted by molar-refractivity contribution is -0.149. The summed E-state index contributed by atoms with van der Waals surface area (Å²) in [6.07, 6.45) is 43.6. The molecule has 6 nitrogen and oxygen atoms in total. The zero-order valence-corrected chi connectivity index (χ0v) is 33.2. The van der Waals surface area contributed by atoms with Crippen LogP contribution in [0.25, 0.3) is 0 Å². The molecule has 0 bridgehead atoms. The van der Waals surface area contributed by atoms with Crippen LogP contribution in [0.1, 0.15) is 181 Å². The molecular formula is C44H80N2O4. The molecule has 1 saturated heterocycles. The van der Waals surface area contributed by atoms with Crippen molar-refractivity contribution < 1.29 is 19.8 Å². The molecule has 1 aliphatic rings. The molecule has 1 rings (SSSR count). The minimum absolute atomic E-state index is 0.151. The molecule has 2 N–H and O–H groups in total. The van der Waals surface area contributed by atoms with E-state index < -0.39 is 23.8 Å². The van der Waals surface area contributed by atoms with E-state index in [0.29, 0.717) is 25.9 Å². The van der Waals surface area contributed by atoms with Crippen LogP contribution in [0.5, 0.6) is 0 Å². The van der Waals surface area contributed by atoms with E-state index in [4.69, 9.17) is 0 Å². The number of hydrogen-bond acceptors (Lipinski definition) is 4. The van der Waals surface area contributed by atoms with Crippen molar-refractivity contribution in [2.75, 3.05) is 27.2 Å². The number of hydrogen-bond donors (Lipinski definition) is 2. The van der Waals surface area contributed by atoms with E-state index in [0.717, 1.165) is 64.2 Å². The van der Waals surface area contributed by atoms with Crippen molar-refractivity contribution in [1.82, 2.24) is 9.80 Å². The van der Waals surface area contributed by atoms with Crippen molar-refractivity contribution in [1.29, 1.82) is 0 Å². The lowest BCUT2D eigenvalue weighted by Gasteiger charge is -2.29. The van der Waals surface area contributed by atoms with E-state index >= 15 is 0 Å². The number of carbonyl (C=O) groups is 2. The molecule has 0 aromatic rings. The highest BCUT2D eigenvalue weighted by atomic mass is 16.4. The zero-order valence-electron chi connectivity index (χ0n) is 33.2. The molecule has 4 atom stereocenters. The van der Waals surface area contributed by atoms with E-state index in [2.05, 4.69) is 43.1 Å². The maximum atomic E-state index is 12.7. The van der Waals surface area contributed by atoms with Crippen LogP contribution in [0.15, 0.2) is 36.7 Å². The Bertz CT molecular complexity index is 850. The normalized spacial score (nSPS) is 17.8. The third-order valence-electron chi connectivity index (χ3n) is 10.7. The lowest BCUT2D eigenvalue weighted by Crippen LogP contribution is -2.35. The van der Waals surface area contributed by atoms with E-state index in [1.807, 2.05) is 31.4 Å². The van der Waals surface area contributed by atoms with Gasteiger partial charge in [-0.25, -0.2) is 0 Å². The van der Waals surface area contributed by atoms with Crippen molar-refractivity contribution >= 4 is 11.9 Å². The molecule has 1 heterocycles. The van der Waals surface area contributed by atoms with Crippen molar-refractivity contribution in [2.45, 2.75) is 181 Å². The van der Waals surface area contributed by atoms with Gasteiger partial charge in [-0.2, -0.15) is 0 Å². The third-order valence-corrected chi connectivity index (χ3v) is 10.7. The predicted octanol–water partition coefficient (Wildman–Crippen LogP) is 12.3. The fourth-order valence-corrected chi connectivity index (χ4v) is 7.65. The third kappa shape index (κ3) is 23.3. The monoisotopic (exact) mass is 701 g/mol. The molecule has 0 aliphatic carbocycles. The van der Waals surface area contributed by atoms with Crippen LogP contribution in [-0.2, 0) is 9.59 Å². The summed E-state index contributed by atoms with van der Waals surface area (Å²) in [6, 6.07) is 0. The fraction of sp³-hybridized carbons (Fsp3) is 0.818. The quantitative estimate of drug-likeness (QED) is 0.0514. The molecule has 1 fully saturated rings. The smallest absolute Gasteiger partial charge is 0.306 e. The second kappa shape index (κ2) is 31.5. The highest BCUT2D eigenvalue weighted by Crippen LogP contribution is 2.39. The fourth-order valence-electron chi connectivity index (χ4n) is 7.65. The lowest BCUT2D eigenvalue weighted by atomic mass is 9.73. The first-order valence-corrected chi connectivity index (χ1v) is 21.2. The molecule has 6 heteroatoms. The van der Waals surface area contributed by atoms with Gasteiger partial charge in [0.1, 0.15) is 0 Å². The minimum Gasteiger partial charge on any atom is -0.481 e. The Kier molecular flexibility index (Phi) is 28.8. The summed E-state index contributed by atoms with van der Waals surface area (Å²) in [6.45, 7) is 5.75. The van der Waals surface area contributed by atoms with Gasteiger partial charge in [0.05, 0.1) is 11.8 Å². The van der Waals surface area contributed by atoms with Gasteiger partial charge < -0.3 is 20.0 Å². The van der Waals surface area contributed by atoms with Gasteiger partial charge in [0.15, 0.2) is 0 Å². The van der Waals surface area contributed by atoms with E-state index in [1.54, 1.807) is 0 Å². The predicted molar refractivity (Wildman–Crippen MR) is 213 cm³/mol. The van der Waals surface area contributed by atoms with Crippen LogP contribution in [0.3, 0.4) is 0 Å². The molecule has 1 aliphatic heterocycles. The Morgan fingerprint density at radius 1 is 0.560 bits per heavy atom. The second-order valence-electron chi connectivity index (χ2n) is 15.5. The Morgan fingerprint density at radius 2 is 0.880 bits per heavy atom. The minimum atomic E-state index is -0.759. The number of likely N-dealkylation sites (tertiary alicyclic amines) is 1. The van der Waals surface area contributed by atoms with Gasteiger partial charge in [0.25, 0.3) is 0 Å². The summed E-state index contributed by atoms with van der Waals surface area (Å²) in [4.78, 5) is 29.4. The number of nitrogens with zero attached hydrogens (tertiary/aromatic N) is 2. The average molecular weight is 701 g/mol. The Hall–Kier alpha value is -2.24. The van der Waals surface area contributed by atoms with E-state index in [9.17, 15) is 19.8 Å². The highest BCUT2D eigenvalue weighted by Gasteiger charge is 2.45. The maximum absolute atomic E-state index is 12.7. The number of carboxylic acid groups (broad SMARTS) is 2. The maximum Gasteiger partial charge on any atom is 0.306 e.